The molecule has 1 saturated heterocycles. The van der Waals surface area contributed by atoms with Gasteiger partial charge in [0, 0.05) is 32.3 Å². The highest BCUT2D eigenvalue weighted by Crippen LogP contribution is 2.19. The Morgan fingerprint density at radius 1 is 1.40 bits per heavy atom. The fourth-order valence-electron chi connectivity index (χ4n) is 2.88. The Hall–Kier alpha value is -2.77. The second kappa shape index (κ2) is 7.42. The largest absolute Gasteiger partial charge is 0.352 e. The van der Waals surface area contributed by atoms with Crippen molar-refractivity contribution in [1.82, 2.24) is 30.0 Å². The van der Waals surface area contributed by atoms with Crippen molar-refractivity contribution in [2.75, 3.05) is 13.1 Å². The number of amides is 2. The van der Waals surface area contributed by atoms with Crippen molar-refractivity contribution >= 4 is 11.8 Å². The zero-order valence-corrected chi connectivity index (χ0v) is 14.4. The summed E-state index contributed by atoms with van der Waals surface area (Å²) >= 11 is 0. The van der Waals surface area contributed by atoms with Gasteiger partial charge >= 0.3 is 0 Å². The van der Waals surface area contributed by atoms with E-state index in [0.717, 1.165) is 5.56 Å². The smallest absolute Gasteiger partial charge is 0.225 e. The molecule has 2 aromatic rings. The van der Waals surface area contributed by atoms with Crippen LogP contribution in [0.1, 0.15) is 25.8 Å². The molecule has 0 bridgehead atoms. The summed E-state index contributed by atoms with van der Waals surface area (Å²) in [5.74, 6) is 0.778. The number of likely N-dealkylation sites (tertiary alicyclic amines) is 1. The molecule has 0 unspecified atom stereocenters. The number of rotatable bonds is 6. The van der Waals surface area contributed by atoms with Crippen LogP contribution in [0.2, 0.25) is 0 Å². The first-order chi connectivity index (χ1) is 12.0. The zero-order valence-electron chi connectivity index (χ0n) is 14.4. The number of carbonyl (C=O) groups is 2. The molecule has 0 aliphatic carbocycles. The van der Waals surface area contributed by atoms with Gasteiger partial charge in [0.05, 0.1) is 5.92 Å². The third-order valence-corrected chi connectivity index (χ3v) is 4.10. The van der Waals surface area contributed by atoms with Crippen molar-refractivity contribution in [1.29, 1.82) is 0 Å². The van der Waals surface area contributed by atoms with Gasteiger partial charge in [-0.1, -0.05) is 19.9 Å². The Balaban J connectivity index is 1.52. The maximum Gasteiger partial charge on any atom is 0.225 e. The van der Waals surface area contributed by atoms with E-state index in [0.29, 0.717) is 37.8 Å². The van der Waals surface area contributed by atoms with Crippen LogP contribution < -0.4 is 5.32 Å². The van der Waals surface area contributed by atoms with Crippen molar-refractivity contribution in [3.8, 4) is 5.82 Å². The molecule has 8 heteroatoms. The lowest BCUT2D eigenvalue weighted by Gasteiger charge is -2.18. The van der Waals surface area contributed by atoms with Crippen LogP contribution in [0.4, 0.5) is 0 Å². The summed E-state index contributed by atoms with van der Waals surface area (Å²) in [4.78, 5) is 34.2. The lowest BCUT2D eigenvalue weighted by atomic mass is 10.1. The molecule has 2 aromatic heterocycles. The molecular weight excluding hydrogens is 320 g/mol. The molecule has 0 radical (unpaired) electrons. The standard InChI is InChI=1S/C17H22N6O2/c1-12(2)8-22-9-14(5-16(22)24)17(25)20-7-13-3-4-15(19-6-13)23-11-18-10-21-23/h3-4,6,10-12,14H,5,7-9H2,1-2H3,(H,20,25)/t14-/m0/s1. The molecule has 2 amide bonds. The van der Waals surface area contributed by atoms with E-state index in [1.807, 2.05) is 12.1 Å². The number of carbonyl (C=O) groups excluding carboxylic acids is 2. The number of hydrogen-bond donors (Lipinski definition) is 1. The molecule has 8 nitrogen and oxygen atoms in total. The van der Waals surface area contributed by atoms with Gasteiger partial charge in [-0.2, -0.15) is 5.10 Å². The predicted molar refractivity (Wildman–Crippen MR) is 90.5 cm³/mol. The van der Waals surface area contributed by atoms with Gasteiger partial charge in [-0.25, -0.2) is 14.6 Å². The van der Waals surface area contributed by atoms with Gasteiger partial charge in [-0.3, -0.25) is 9.59 Å². The van der Waals surface area contributed by atoms with Crippen LogP contribution in [0.5, 0.6) is 0 Å². The lowest BCUT2D eigenvalue weighted by Crippen LogP contribution is -2.33. The molecular formula is C17H22N6O2. The van der Waals surface area contributed by atoms with Crippen LogP contribution >= 0.6 is 0 Å². The number of pyridine rings is 1. The maximum atomic E-state index is 12.3. The van der Waals surface area contributed by atoms with Crippen LogP contribution in [0.3, 0.4) is 0 Å². The van der Waals surface area contributed by atoms with Gasteiger partial charge in [-0.15, -0.1) is 0 Å². The van der Waals surface area contributed by atoms with Crippen molar-refractivity contribution in [3.05, 3.63) is 36.5 Å². The molecule has 1 aliphatic heterocycles. The van der Waals surface area contributed by atoms with E-state index in [-0.39, 0.29) is 17.7 Å². The fourth-order valence-corrected chi connectivity index (χ4v) is 2.88. The molecule has 1 atom stereocenters. The summed E-state index contributed by atoms with van der Waals surface area (Å²) in [6, 6.07) is 3.70. The van der Waals surface area contributed by atoms with E-state index in [1.54, 1.807) is 22.1 Å². The van der Waals surface area contributed by atoms with Crippen molar-refractivity contribution in [3.63, 3.8) is 0 Å². The summed E-state index contributed by atoms with van der Waals surface area (Å²) in [5.41, 5.74) is 0.889. The first-order valence-corrected chi connectivity index (χ1v) is 8.38. The molecule has 132 valence electrons. The molecule has 3 rings (SSSR count). The quantitative estimate of drug-likeness (QED) is 0.837. The maximum absolute atomic E-state index is 12.3. The van der Waals surface area contributed by atoms with Gasteiger partial charge in [-0.05, 0) is 17.5 Å². The molecule has 1 aliphatic rings. The molecule has 3 heterocycles. The number of aromatic nitrogens is 4. The van der Waals surface area contributed by atoms with E-state index in [2.05, 4.69) is 34.2 Å². The third-order valence-electron chi connectivity index (χ3n) is 4.10. The lowest BCUT2D eigenvalue weighted by molar-refractivity contribution is -0.129. The Morgan fingerprint density at radius 2 is 2.24 bits per heavy atom. The number of nitrogens with zero attached hydrogens (tertiary/aromatic N) is 5. The normalized spacial score (nSPS) is 17.3. The van der Waals surface area contributed by atoms with E-state index < -0.39 is 0 Å². The van der Waals surface area contributed by atoms with Crippen LogP contribution in [0.15, 0.2) is 31.0 Å². The van der Waals surface area contributed by atoms with Crippen LogP contribution in [-0.2, 0) is 16.1 Å². The third kappa shape index (κ3) is 4.20. The van der Waals surface area contributed by atoms with Crippen molar-refractivity contribution in [2.45, 2.75) is 26.8 Å². The topological polar surface area (TPSA) is 93.0 Å². The molecule has 1 N–H and O–H groups in total. The van der Waals surface area contributed by atoms with Crippen LogP contribution in [0, 0.1) is 11.8 Å². The van der Waals surface area contributed by atoms with E-state index in [4.69, 9.17) is 0 Å². The van der Waals surface area contributed by atoms with E-state index >= 15 is 0 Å². The minimum absolute atomic E-state index is 0.0627. The van der Waals surface area contributed by atoms with E-state index in [9.17, 15) is 9.59 Å². The Morgan fingerprint density at radius 3 is 2.88 bits per heavy atom. The first-order valence-electron chi connectivity index (χ1n) is 8.38. The van der Waals surface area contributed by atoms with Crippen LogP contribution in [0.25, 0.3) is 5.82 Å². The molecule has 1 fully saturated rings. The summed E-state index contributed by atoms with van der Waals surface area (Å²) in [7, 11) is 0. The highest BCUT2D eigenvalue weighted by atomic mass is 16.2. The van der Waals surface area contributed by atoms with Gasteiger partial charge in [0.2, 0.25) is 11.8 Å². The average Bonchev–Trinajstić information content (AvgIpc) is 3.23. The molecule has 0 aromatic carbocycles. The second-order valence-electron chi connectivity index (χ2n) is 6.68. The van der Waals surface area contributed by atoms with Gasteiger partial charge in [0.15, 0.2) is 5.82 Å². The minimum Gasteiger partial charge on any atom is -0.352 e. The minimum atomic E-state index is -0.270. The van der Waals surface area contributed by atoms with Crippen molar-refractivity contribution < 1.29 is 9.59 Å². The average molecular weight is 342 g/mol. The molecule has 0 saturated carbocycles. The van der Waals surface area contributed by atoms with Gasteiger partial charge in [0.1, 0.15) is 12.7 Å². The Labute approximate surface area is 146 Å². The van der Waals surface area contributed by atoms with Crippen molar-refractivity contribution in [2.24, 2.45) is 11.8 Å². The summed E-state index contributed by atoms with van der Waals surface area (Å²) < 4.78 is 1.57. The SMILES string of the molecule is CC(C)CN1C[C@@H](C(=O)NCc2ccc(-n3cncn3)nc2)CC1=O. The number of nitrogens with one attached hydrogen (secondary N) is 1. The summed E-state index contributed by atoms with van der Waals surface area (Å²) in [6.07, 6.45) is 5.01. The Bertz CT molecular complexity index is 726. The predicted octanol–water partition coefficient (Wildman–Crippen LogP) is 0.783. The zero-order chi connectivity index (χ0) is 17.8. The van der Waals surface area contributed by atoms with Gasteiger partial charge in [0.25, 0.3) is 0 Å². The Kier molecular flexibility index (Phi) is 5.06. The second-order valence-corrected chi connectivity index (χ2v) is 6.68. The number of hydrogen-bond acceptors (Lipinski definition) is 5. The summed E-state index contributed by atoms with van der Waals surface area (Å²) in [6.45, 7) is 5.73. The highest BCUT2D eigenvalue weighted by Gasteiger charge is 2.34. The van der Waals surface area contributed by atoms with Crippen LogP contribution in [-0.4, -0.2) is 49.6 Å². The molecule has 0 spiro atoms. The summed E-state index contributed by atoms with van der Waals surface area (Å²) in [5, 5.41) is 6.91. The highest BCUT2D eigenvalue weighted by molar-refractivity contribution is 5.89. The van der Waals surface area contributed by atoms with E-state index in [1.165, 1.54) is 6.33 Å². The monoisotopic (exact) mass is 342 g/mol. The molecule has 25 heavy (non-hydrogen) atoms. The first kappa shape index (κ1) is 17.1. The fraction of sp³-hybridized carbons (Fsp3) is 0.471. The van der Waals surface area contributed by atoms with Gasteiger partial charge < -0.3 is 10.2 Å².